The smallest absolute Gasteiger partial charge is 0.417 e. The lowest BCUT2D eigenvalue weighted by atomic mass is 10.2. The van der Waals surface area contributed by atoms with E-state index < -0.39 is 11.7 Å². The van der Waals surface area contributed by atoms with Crippen LogP contribution in [0.15, 0.2) is 41.1 Å². The molecule has 0 aliphatic heterocycles. The number of aromatic nitrogens is 1. The minimum atomic E-state index is -4.37. The highest BCUT2D eigenvalue weighted by molar-refractivity contribution is 5.36. The van der Waals surface area contributed by atoms with Crippen molar-refractivity contribution in [2.45, 2.75) is 12.2 Å². The van der Waals surface area contributed by atoms with Crippen LogP contribution >= 0.6 is 0 Å². The molecule has 21 heavy (non-hydrogen) atoms. The Balaban J connectivity index is 2.01. The molecule has 2 heterocycles. The quantitative estimate of drug-likeness (QED) is 0.918. The first kappa shape index (κ1) is 15.4. The molecule has 0 spiro atoms. The molecule has 114 valence electrons. The summed E-state index contributed by atoms with van der Waals surface area (Å²) in [5, 5.41) is 3.01. The van der Waals surface area contributed by atoms with Crippen molar-refractivity contribution < 1.29 is 17.6 Å². The van der Waals surface area contributed by atoms with Gasteiger partial charge in [-0.25, -0.2) is 4.98 Å². The number of furan rings is 1. The van der Waals surface area contributed by atoms with Crippen molar-refractivity contribution in [3.05, 3.63) is 48.0 Å². The molecule has 2 aromatic rings. The van der Waals surface area contributed by atoms with Crippen LogP contribution in [0.25, 0.3) is 0 Å². The number of anilines is 1. The van der Waals surface area contributed by atoms with Crippen molar-refractivity contribution in [2.75, 3.05) is 26.0 Å². The molecule has 7 heteroatoms. The van der Waals surface area contributed by atoms with Crippen LogP contribution in [0, 0.1) is 0 Å². The van der Waals surface area contributed by atoms with Gasteiger partial charge < -0.3 is 9.73 Å². The average molecular weight is 299 g/mol. The molecule has 0 aliphatic carbocycles. The van der Waals surface area contributed by atoms with Gasteiger partial charge in [0, 0.05) is 12.7 Å². The maximum Gasteiger partial charge on any atom is 0.417 e. The maximum absolute atomic E-state index is 12.4. The molecule has 0 unspecified atom stereocenters. The minimum Gasteiger partial charge on any atom is -0.468 e. The van der Waals surface area contributed by atoms with Gasteiger partial charge in [-0.3, -0.25) is 4.90 Å². The summed E-state index contributed by atoms with van der Waals surface area (Å²) in [4.78, 5) is 5.73. The van der Waals surface area contributed by atoms with Gasteiger partial charge in [0.1, 0.15) is 11.6 Å². The lowest BCUT2D eigenvalue weighted by Crippen LogP contribution is -2.26. The zero-order valence-corrected chi connectivity index (χ0v) is 11.7. The van der Waals surface area contributed by atoms with E-state index in [4.69, 9.17) is 4.42 Å². The van der Waals surface area contributed by atoms with Crippen LogP contribution in [-0.2, 0) is 6.18 Å². The highest BCUT2D eigenvalue weighted by atomic mass is 19.4. The number of hydrogen-bond acceptors (Lipinski definition) is 4. The van der Waals surface area contributed by atoms with E-state index in [1.165, 1.54) is 6.07 Å². The molecule has 0 bridgehead atoms. The van der Waals surface area contributed by atoms with Gasteiger partial charge in [-0.05, 0) is 38.4 Å². The van der Waals surface area contributed by atoms with Gasteiger partial charge in [-0.1, -0.05) is 0 Å². The zero-order valence-electron chi connectivity index (χ0n) is 11.7. The maximum atomic E-state index is 12.4. The number of pyridine rings is 1. The van der Waals surface area contributed by atoms with Gasteiger partial charge in [0.15, 0.2) is 0 Å². The number of nitrogens with one attached hydrogen (secondary N) is 1. The Morgan fingerprint density at radius 3 is 2.52 bits per heavy atom. The first-order chi connectivity index (χ1) is 9.88. The van der Waals surface area contributed by atoms with Gasteiger partial charge in [0.25, 0.3) is 0 Å². The van der Waals surface area contributed by atoms with E-state index in [9.17, 15) is 13.2 Å². The molecule has 0 radical (unpaired) electrons. The molecular weight excluding hydrogens is 283 g/mol. The molecule has 0 saturated carbocycles. The molecule has 1 atom stereocenters. The van der Waals surface area contributed by atoms with Crippen LogP contribution < -0.4 is 5.32 Å². The van der Waals surface area contributed by atoms with Crippen molar-refractivity contribution >= 4 is 5.82 Å². The molecule has 0 saturated heterocycles. The standard InChI is InChI=1S/C14H16F3N3O/c1-20(2)11(12-4-3-7-21-12)9-19-13-6-5-10(8-18-13)14(15,16)17/h3-8,11H,9H2,1-2H3,(H,18,19)/t11-/m1/s1. The first-order valence-corrected chi connectivity index (χ1v) is 6.35. The number of rotatable bonds is 5. The summed E-state index contributed by atoms with van der Waals surface area (Å²) in [6, 6.07) is 5.93. The second-order valence-electron chi connectivity index (χ2n) is 4.81. The summed E-state index contributed by atoms with van der Waals surface area (Å²) in [5.41, 5.74) is -0.761. The number of hydrogen-bond donors (Lipinski definition) is 1. The molecule has 0 aromatic carbocycles. The molecule has 4 nitrogen and oxygen atoms in total. The van der Waals surface area contributed by atoms with E-state index in [-0.39, 0.29) is 6.04 Å². The highest BCUT2D eigenvalue weighted by Gasteiger charge is 2.30. The third kappa shape index (κ3) is 3.98. The van der Waals surface area contributed by atoms with E-state index in [1.807, 2.05) is 25.1 Å². The predicted octanol–water partition coefficient (Wildman–Crippen LogP) is 3.41. The van der Waals surface area contributed by atoms with Crippen molar-refractivity contribution in [3.63, 3.8) is 0 Å². The van der Waals surface area contributed by atoms with E-state index in [0.717, 1.165) is 18.0 Å². The average Bonchev–Trinajstić information content (AvgIpc) is 2.92. The highest BCUT2D eigenvalue weighted by Crippen LogP contribution is 2.29. The van der Waals surface area contributed by atoms with Crippen molar-refractivity contribution in [2.24, 2.45) is 0 Å². The van der Waals surface area contributed by atoms with E-state index in [1.54, 1.807) is 12.3 Å². The summed E-state index contributed by atoms with van der Waals surface area (Å²) in [6.07, 6.45) is -1.96. The lowest BCUT2D eigenvalue weighted by Gasteiger charge is -2.22. The summed E-state index contributed by atoms with van der Waals surface area (Å²) in [5.74, 6) is 1.17. The fourth-order valence-electron chi connectivity index (χ4n) is 1.89. The van der Waals surface area contributed by atoms with Crippen molar-refractivity contribution in [1.29, 1.82) is 0 Å². The van der Waals surface area contributed by atoms with Crippen LogP contribution in [0.4, 0.5) is 19.0 Å². The van der Waals surface area contributed by atoms with E-state index in [0.29, 0.717) is 12.4 Å². The largest absolute Gasteiger partial charge is 0.468 e. The molecule has 0 aliphatic rings. The minimum absolute atomic E-state index is 0.0379. The van der Waals surface area contributed by atoms with Crippen molar-refractivity contribution in [3.8, 4) is 0 Å². The molecule has 0 amide bonds. The molecule has 2 rings (SSSR count). The zero-order chi connectivity index (χ0) is 15.5. The molecule has 0 fully saturated rings. The Morgan fingerprint density at radius 1 is 1.29 bits per heavy atom. The van der Waals surface area contributed by atoms with Crippen LogP contribution in [0.2, 0.25) is 0 Å². The van der Waals surface area contributed by atoms with Crippen LogP contribution in [0.1, 0.15) is 17.4 Å². The number of likely N-dealkylation sites (N-methyl/N-ethyl adjacent to an activating group) is 1. The normalized spacial score (nSPS) is 13.4. The first-order valence-electron chi connectivity index (χ1n) is 6.35. The Labute approximate surface area is 120 Å². The van der Waals surface area contributed by atoms with Gasteiger partial charge in [0.05, 0.1) is 17.9 Å². The molecular formula is C14H16F3N3O. The van der Waals surface area contributed by atoms with E-state index >= 15 is 0 Å². The third-order valence-corrected chi connectivity index (χ3v) is 3.06. The summed E-state index contributed by atoms with van der Waals surface area (Å²) < 4.78 is 42.7. The number of halogens is 3. The Kier molecular flexibility index (Phi) is 4.52. The second-order valence-corrected chi connectivity index (χ2v) is 4.81. The number of alkyl halides is 3. The summed E-state index contributed by atoms with van der Waals surface area (Å²) in [7, 11) is 3.80. The fraction of sp³-hybridized carbons (Fsp3) is 0.357. The SMILES string of the molecule is CN(C)[C@H](CNc1ccc(C(F)(F)F)cn1)c1ccco1. The monoisotopic (exact) mass is 299 g/mol. The third-order valence-electron chi connectivity index (χ3n) is 3.06. The Hall–Kier alpha value is -2.02. The van der Waals surface area contributed by atoms with E-state index in [2.05, 4.69) is 10.3 Å². The van der Waals surface area contributed by atoms with Crippen LogP contribution in [0.5, 0.6) is 0 Å². The molecule has 2 aromatic heterocycles. The summed E-state index contributed by atoms with van der Waals surface area (Å²) >= 11 is 0. The predicted molar refractivity (Wildman–Crippen MR) is 72.9 cm³/mol. The van der Waals surface area contributed by atoms with Gasteiger partial charge >= 0.3 is 6.18 Å². The number of nitrogens with zero attached hydrogens (tertiary/aromatic N) is 2. The fourth-order valence-corrected chi connectivity index (χ4v) is 1.89. The van der Waals surface area contributed by atoms with Crippen LogP contribution in [0.3, 0.4) is 0 Å². The molecule has 1 N–H and O–H groups in total. The van der Waals surface area contributed by atoms with Gasteiger partial charge in [0.2, 0.25) is 0 Å². The second kappa shape index (κ2) is 6.17. The van der Waals surface area contributed by atoms with Crippen LogP contribution in [-0.4, -0.2) is 30.5 Å². The lowest BCUT2D eigenvalue weighted by molar-refractivity contribution is -0.137. The Morgan fingerprint density at radius 2 is 2.05 bits per heavy atom. The topological polar surface area (TPSA) is 41.3 Å². The van der Waals surface area contributed by atoms with Gasteiger partial charge in [-0.15, -0.1) is 0 Å². The Bertz CT molecular complexity index is 550. The van der Waals surface area contributed by atoms with Gasteiger partial charge in [-0.2, -0.15) is 13.2 Å². The summed E-state index contributed by atoms with van der Waals surface area (Å²) in [6.45, 7) is 0.471. The van der Waals surface area contributed by atoms with Crippen molar-refractivity contribution in [1.82, 2.24) is 9.88 Å².